The lowest BCUT2D eigenvalue weighted by molar-refractivity contribution is 0.458. The summed E-state index contributed by atoms with van der Waals surface area (Å²) in [4.78, 5) is 6.32. The summed E-state index contributed by atoms with van der Waals surface area (Å²) in [7, 11) is 0. The number of nitrogens with two attached hydrogens (primary N) is 1. The molecule has 5 heteroatoms. The van der Waals surface area contributed by atoms with E-state index in [0.717, 1.165) is 25.1 Å². The summed E-state index contributed by atoms with van der Waals surface area (Å²) in [5, 5.41) is 0. The van der Waals surface area contributed by atoms with Crippen molar-refractivity contribution in [1.82, 2.24) is 4.90 Å². The Morgan fingerprint density at radius 1 is 1.22 bits per heavy atom. The largest absolute Gasteiger partial charge is 0.370 e. The molecule has 18 heavy (non-hydrogen) atoms. The quantitative estimate of drug-likeness (QED) is 0.495. The van der Waals surface area contributed by atoms with Crippen molar-refractivity contribution in [1.29, 1.82) is 0 Å². The number of rotatable bonds is 5. The predicted molar refractivity (Wildman–Crippen MR) is 84.9 cm³/mol. The monoisotopic (exact) mass is 365 g/mol. The van der Waals surface area contributed by atoms with Crippen LogP contribution in [0.15, 0.2) is 29.3 Å². The van der Waals surface area contributed by atoms with Crippen LogP contribution in [0.25, 0.3) is 0 Å². The molecule has 0 aliphatic rings. The van der Waals surface area contributed by atoms with Crippen molar-refractivity contribution in [2.45, 2.75) is 20.3 Å². The molecular weight excluding hydrogens is 344 g/mol. The molecule has 0 aliphatic heterocycles. The summed E-state index contributed by atoms with van der Waals surface area (Å²) < 4.78 is 12.7. The molecule has 0 radical (unpaired) electrons. The zero-order chi connectivity index (χ0) is 12.7. The summed E-state index contributed by atoms with van der Waals surface area (Å²) in [6, 6.07) is 6.48. The van der Waals surface area contributed by atoms with E-state index in [1.165, 1.54) is 12.1 Å². The van der Waals surface area contributed by atoms with Crippen LogP contribution in [0.5, 0.6) is 0 Å². The first-order chi connectivity index (χ1) is 8.17. The Bertz CT molecular complexity index is 361. The summed E-state index contributed by atoms with van der Waals surface area (Å²) in [6.07, 6.45) is 0.780. The van der Waals surface area contributed by atoms with Crippen molar-refractivity contribution in [2.24, 2.45) is 10.7 Å². The summed E-state index contributed by atoms with van der Waals surface area (Å²) in [5.74, 6) is 0.372. The average molecular weight is 365 g/mol. The second kappa shape index (κ2) is 9.13. The Morgan fingerprint density at radius 3 is 2.28 bits per heavy atom. The van der Waals surface area contributed by atoms with Gasteiger partial charge >= 0.3 is 0 Å². The van der Waals surface area contributed by atoms with Crippen LogP contribution in [0, 0.1) is 5.82 Å². The van der Waals surface area contributed by atoms with Crippen molar-refractivity contribution < 1.29 is 4.39 Å². The predicted octanol–water partition coefficient (Wildman–Crippen LogP) is 2.64. The topological polar surface area (TPSA) is 41.6 Å². The molecule has 0 amide bonds. The molecule has 3 nitrogen and oxygen atoms in total. The standard InChI is InChI=1S/C13H20FN3.HI/c1-3-17(4-2)13(15)16-10-9-11-5-7-12(14)8-6-11;/h5-8H,3-4,9-10H2,1-2H3,(H2,15,16);1H. The van der Waals surface area contributed by atoms with Crippen LogP contribution in [-0.2, 0) is 6.42 Å². The van der Waals surface area contributed by atoms with E-state index in [2.05, 4.69) is 4.99 Å². The van der Waals surface area contributed by atoms with Crippen LogP contribution < -0.4 is 5.73 Å². The van der Waals surface area contributed by atoms with Crippen LogP contribution >= 0.6 is 24.0 Å². The Labute approximate surface area is 125 Å². The van der Waals surface area contributed by atoms with Crippen molar-refractivity contribution in [3.63, 3.8) is 0 Å². The number of aliphatic imine (C=N–C) groups is 1. The Morgan fingerprint density at radius 2 is 1.78 bits per heavy atom. The maximum absolute atomic E-state index is 12.7. The molecule has 0 saturated heterocycles. The number of guanidine groups is 1. The molecule has 1 aromatic carbocycles. The van der Waals surface area contributed by atoms with Gasteiger partial charge in [-0.05, 0) is 38.0 Å². The third kappa shape index (κ3) is 5.66. The van der Waals surface area contributed by atoms with Gasteiger partial charge in [-0.1, -0.05) is 12.1 Å². The van der Waals surface area contributed by atoms with Gasteiger partial charge in [-0.3, -0.25) is 4.99 Å². The fourth-order valence-electron chi connectivity index (χ4n) is 1.60. The molecule has 0 spiro atoms. The van der Waals surface area contributed by atoms with Crippen LogP contribution in [0.4, 0.5) is 4.39 Å². The van der Waals surface area contributed by atoms with Gasteiger partial charge in [-0.15, -0.1) is 24.0 Å². The third-order valence-electron chi connectivity index (χ3n) is 2.67. The van der Waals surface area contributed by atoms with E-state index in [-0.39, 0.29) is 29.8 Å². The molecule has 2 N–H and O–H groups in total. The van der Waals surface area contributed by atoms with E-state index in [1.54, 1.807) is 12.1 Å². The first-order valence-corrected chi connectivity index (χ1v) is 5.96. The van der Waals surface area contributed by atoms with Gasteiger partial charge in [-0.2, -0.15) is 0 Å². The van der Waals surface area contributed by atoms with E-state index < -0.39 is 0 Å². The lowest BCUT2D eigenvalue weighted by Gasteiger charge is -2.19. The molecule has 0 aromatic heterocycles. The number of halogens is 2. The lowest BCUT2D eigenvalue weighted by Crippen LogP contribution is -2.37. The van der Waals surface area contributed by atoms with Gasteiger partial charge in [0.25, 0.3) is 0 Å². The molecule has 1 rings (SSSR count). The Balaban J connectivity index is 0.00000289. The van der Waals surface area contributed by atoms with E-state index in [4.69, 9.17) is 5.73 Å². The maximum atomic E-state index is 12.7. The molecular formula is C13H21FIN3. The normalized spacial score (nSPS) is 10.9. The minimum atomic E-state index is -0.208. The van der Waals surface area contributed by atoms with E-state index >= 15 is 0 Å². The second-order valence-corrected chi connectivity index (χ2v) is 3.79. The second-order valence-electron chi connectivity index (χ2n) is 3.79. The van der Waals surface area contributed by atoms with Gasteiger partial charge in [0, 0.05) is 19.6 Å². The van der Waals surface area contributed by atoms with Crippen molar-refractivity contribution in [2.75, 3.05) is 19.6 Å². The number of benzene rings is 1. The first-order valence-electron chi connectivity index (χ1n) is 5.96. The number of nitrogens with zero attached hydrogens (tertiary/aromatic N) is 2. The summed E-state index contributed by atoms with van der Waals surface area (Å²) in [5.41, 5.74) is 6.91. The highest BCUT2D eigenvalue weighted by Crippen LogP contribution is 2.03. The van der Waals surface area contributed by atoms with Crippen molar-refractivity contribution in [3.05, 3.63) is 35.6 Å². The van der Waals surface area contributed by atoms with E-state index in [9.17, 15) is 4.39 Å². The fourth-order valence-corrected chi connectivity index (χ4v) is 1.60. The minimum Gasteiger partial charge on any atom is -0.370 e. The third-order valence-corrected chi connectivity index (χ3v) is 2.67. The fraction of sp³-hybridized carbons (Fsp3) is 0.462. The van der Waals surface area contributed by atoms with Gasteiger partial charge < -0.3 is 10.6 Å². The Hall–Kier alpha value is -0.850. The summed E-state index contributed by atoms with van der Waals surface area (Å²) >= 11 is 0. The number of hydrogen-bond acceptors (Lipinski definition) is 1. The van der Waals surface area contributed by atoms with E-state index in [1.807, 2.05) is 18.7 Å². The molecule has 0 bridgehead atoms. The SMILES string of the molecule is CCN(CC)C(N)=NCCc1ccc(F)cc1.I. The van der Waals surface area contributed by atoms with Crippen LogP contribution in [0.2, 0.25) is 0 Å². The van der Waals surface area contributed by atoms with Gasteiger partial charge in [0.2, 0.25) is 0 Å². The first kappa shape index (κ1) is 17.2. The van der Waals surface area contributed by atoms with Crippen molar-refractivity contribution >= 4 is 29.9 Å². The molecule has 0 fully saturated rings. The molecule has 1 aromatic rings. The molecule has 0 unspecified atom stereocenters. The molecule has 102 valence electrons. The molecule has 0 aliphatic carbocycles. The maximum Gasteiger partial charge on any atom is 0.191 e. The van der Waals surface area contributed by atoms with Gasteiger partial charge in [-0.25, -0.2) is 4.39 Å². The molecule has 0 atom stereocenters. The average Bonchev–Trinajstić information content (AvgIpc) is 2.33. The summed E-state index contributed by atoms with van der Waals surface area (Å²) in [6.45, 7) is 6.45. The lowest BCUT2D eigenvalue weighted by atomic mass is 10.1. The zero-order valence-corrected chi connectivity index (χ0v) is 13.2. The molecule has 0 heterocycles. The van der Waals surface area contributed by atoms with E-state index in [0.29, 0.717) is 12.5 Å². The minimum absolute atomic E-state index is 0. The van der Waals surface area contributed by atoms with Gasteiger partial charge in [0.1, 0.15) is 5.82 Å². The van der Waals surface area contributed by atoms with Gasteiger partial charge in [0.15, 0.2) is 5.96 Å². The van der Waals surface area contributed by atoms with Crippen molar-refractivity contribution in [3.8, 4) is 0 Å². The number of hydrogen-bond donors (Lipinski definition) is 1. The van der Waals surface area contributed by atoms with Crippen LogP contribution in [0.1, 0.15) is 19.4 Å². The van der Waals surface area contributed by atoms with Crippen LogP contribution in [-0.4, -0.2) is 30.5 Å². The smallest absolute Gasteiger partial charge is 0.191 e. The molecule has 0 saturated carbocycles. The zero-order valence-electron chi connectivity index (χ0n) is 10.9. The Kier molecular flexibility index (Phi) is 8.70. The highest BCUT2D eigenvalue weighted by atomic mass is 127. The van der Waals surface area contributed by atoms with Gasteiger partial charge in [0.05, 0.1) is 0 Å². The highest BCUT2D eigenvalue weighted by molar-refractivity contribution is 14.0. The van der Waals surface area contributed by atoms with Crippen LogP contribution in [0.3, 0.4) is 0 Å². The highest BCUT2D eigenvalue weighted by Gasteiger charge is 2.01.